The first-order valence-electron chi connectivity index (χ1n) is 6.99. The lowest BCUT2D eigenvalue weighted by atomic mass is 10.2. The van der Waals surface area contributed by atoms with Gasteiger partial charge in [0.25, 0.3) is 0 Å². The summed E-state index contributed by atoms with van der Waals surface area (Å²) in [5.74, 6) is 0.536. The largest absolute Gasteiger partial charge is 0.479 e. The maximum Gasteiger partial charge on any atom is 0.301 e. The number of hydrogen-bond acceptors (Lipinski definition) is 4. The summed E-state index contributed by atoms with van der Waals surface area (Å²) in [5, 5.41) is 8.43. The molecule has 114 valence electrons. The Morgan fingerprint density at radius 2 is 1.76 bits per heavy atom. The van der Waals surface area contributed by atoms with Gasteiger partial charge < -0.3 is 4.74 Å². The van der Waals surface area contributed by atoms with E-state index in [0.717, 1.165) is 25.7 Å². The first-order chi connectivity index (χ1) is 10.1. The van der Waals surface area contributed by atoms with Crippen molar-refractivity contribution in [1.82, 2.24) is 4.31 Å². The molecule has 0 atom stereocenters. The van der Waals surface area contributed by atoms with Crippen molar-refractivity contribution < 1.29 is 13.2 Å². The fourth-order valence-electron chi connectivity index (χ4n) is 2.23. The summed E-state index contributed by atoms with van der Waals surface area (Å²) in [4.78, 5) is 0. The molecule has 6 nitrogen and oxygen atoms in total. The van der Waals surface area contributed by atoms with E-state index in [2.05, 4.69) is 4.72 Å². The van der Waals surface area contributed by atoms with Gasteiger partial charge in [-0.15, -0.1) is 0 Å². The van der Waals surface area contributed by atoms with Crippen LogP contribution in [0.5, 0.6) is 5.75 Å². The molecule has 0 saturated carbocycles. The van der Waals surface area contributed by atoms with Gasteiger partial charge in [0.1, 0.15) is 11.8 Å². The Morgan fingerprint density at radius 3 is 2.33 bits per heavy atom. The Morgan fingerprint density at radius 1 is 1.14 bits per heavy atom. The number of nitrogens with one attached hydrogen (secondary N) is 1. The third kappa shape index (κ3) is 4.62. The van der Waals surface area contributed by atoms with Crippen molar-refractivity contribution in [3.8, 4) is 11.8 Å². The summed E-state index contributed by atoms with van der Waals surface area (Å²) in [6.45, 7) is 1.11. The van der Waals surface area contributed by atoms with Crippen LogP contribution in [0.4, 0.5) is 5.69 Å². The molecule has 0 radical (unpaired) electrons. The molecular weight excluding hydrogens is 290 g/mol. The number of benzene rings is 1. The van der Waals surface area contributed by atoms with Crippen LogP contribution in [0.15, 0.2) is 24.3 Å². The van der Waals surface area contributed by atoms with Gasteiger partial charge in [0.2, 0.25) is 0 Å². The fraction of sp³-hybridized carbons (Fsp3) is 0.500. The maximum absolute atomic E-state index is 12.3. The molecule has 1 aromatic carbocycles. The van der Waals surface area contributed by atoms with Crippen LogP contribution in [0.3, 0.4) is 0 Å². The van der Waals surface area contributed by atoms with Gasteiger partial charge in [0.05, 0.1) is 5.69 Å². The Hall–Kier alpha value is -1.78. The molecule has 1 heterocycles. The zero-order valence-electron chi connectivity index (χ0n) is 11.8. The topological polar surface area (TPSA) is 82.4 Å². The molecule has 0 amide bonds. The number of nitriles is 1. The highest BCUT2D eigenvalue weighted by molar-refractivity contribution is 7.90. The van der Waals surface area contributed by atoms with E-state index >= 15 is 0 Å². The second-order valence-electron chi connectivity index (χ2n) is 4.89. The molecule has 0 unspecified atom stereocenters. The zero-order valence-corrected chi connectivity index (χ0v) is 12.6. The van der Waals surface area contributed by atoms with Crippen molar-refractivity contribution in [2.75, 3.05) is 24.4 Å². The smallest absolute Gasteiger partial charge is 0.301 e. The first kappa shape index (κ1) is 15.6. The third-order valence-corrected chi connectivity index (χ3v) is 4.85. The van der Waals surface area contributed by atoms with Crippen molar-refractivity contribution in [3.63, 3.8) is 0 Å². The summed E-state index contributed by atoms with van der Waals surface area (Å²) in [7, 11) is -3.50. The van der Waals surface area contributed by atoms with E-state index in [1.54, 1.807) is 24.3 Å². The monoisotopic (exact) mass is 309 g/mol. The molecule has 1 aliphatic rings. The van der Waals surface area contributed by atoms with Crippen molar-refractivity contribution in [3.05, 3.63) is 24.3 Å². The number of anilines is 1. The van der Waals surface area contributed by atoms with E-state index in [-0.39, 0.29) is 6.61 Å². The van der Waals surface area contributed by atoms with Gasteiger partial charge in [-0.3, -0.25) is 4.72 Å². The van der Waals surface area contributed by atoms with Crippen LogP contribution in [-0.2, 0) is 10.2 Å². The highest BCUT2D eigenvalue weighted by Crippen LogP contribution is 2.19. The molecule has 0 aliphatic carbocycles. The van der Waals surface area contributed by atoms with Gasteiger partial charge in [-0.05, 0) is 37.1 Å². The number of rotatable bonds is 5. The SMILES string of the molecule is N#CCOc1ccc(NS(=O)(=O)N2CCCCCC2)cc1. The Bertz CT molecular complexity index is 585. The molecule has 0 aromatic heterocycles. The summed E-state index contributed by atoms with van der Waals surface area (Å²) in [5.41, 5.74) is 0.489. The minimum absolute atomic E-state index is 0.0289. The lowest BCUT2D eigenvalue weighted by Gasteiger charge is -2.20. The van der Waals surface area contributed by atoms with Crippen LogP contribution in [-0.4, -0.2) is 32.4 Å². The number of hydrogen-bond donors (Lipinski definition) is 1. The van der Waals surface area contributed by atoms with Crippen molar-refractivity contribution >= 4 is 15.9 Å². The molecule has 1 aromatic rings. The van der Waals surface area contributed by atoms with E-state index in [0.29, 0.717) is 24.5 Å². The maximum atomic E-state index is 12.3. The van der Waals surface area contributed by atoms with Crippen LogP contribution in [0.25, 0.3) is 0 Å². The van der Waals surface area contributed by atoms with Gasteiger partial charge in [-0.2, -0.15) is 18.0 Å². The molecule has 2 rings (SSSR count). The zero-order chi connectivity index (χ0) is 15.1. The molecule has 1 N–H and O–H groups in total. The van der Waals surface area contributed by atoms with Gasteiger partial charge in [-0.1, -0.05) is 12.8 Å². The Kier molecular flexibility index (Phi) is 5.42. The van der Waals surface area contributed by atoms with Gasteiger partial charge in [0.15, 0.2) is 6.61 Å². The van der Waals surface area contributed by atoms with Gasteiger partial charge in [0, 0.05) is 13.1 Å². The highest BCUT2D eigenvalue weighted by Gasteiger charge is 2.22. The standard InChI is InChI=1S/C14H19N3O3S/c15-9-12-20-14-7-5-13(6-8-14)16-21(18,19)17-10-3-1-2-4-11-17/h5-8,16H,1-4,10-12H2. The molecule has 21 heavy (non-hydrogen) atoms. The van der Waals surface area contributed by atoms with Gasteiger partial charge >= 0.3 is 10.2 Å². The van der Waals surface area contributed by atoms with Crippen LogP contribution >= 0.6 is 0 Å². The average molecular weight is 309 g/mol. The fourth-order valence-corrected chi connectivity index (χ4v) is 3.53. The van der Waals surface area contributed by atoms with Crippen molar-refractivity contribution in [1.29, 1.82) is 5.26 Å². The van der Waals surface area contributed by atoms with E-state index in [1.165, 1.54) is 4.31 Å². The van der Waals surface area contributed by atoms with Crippen LogP contribution in [0, 0.1) is 11.3 Å². The number of ether oxygens (including phenoxy) is 1. The van der Waals surface area contributed by atoms with E-state index in [9.17, 15) is 8.42 Å². The molecule has 0 spiro atoms. The van der Waals surface area contributed by atoms with Crippen molar-refractivity contribution in [2.45, 2.75) is 25.7 Å². The van der Waals surface area contributed by atoms with E-state index in [4.69, 9.17) is 10.00 Å². The van der Waals surface area contributed by atoms with Crippen molar-refractivity contribution in [2.24, 2.45) is 0 Å². The summed E-state index contributed by atoms with van der Waals surface area (Å²) < 4.78 is 33.8. The average Bonchev–Trinajstić information content (AvgIpc) is 2.76. The first-order valence-corrected chi connectivity index (χ1v) is 8.43. The lowest BCUT2D eigenvalue weighted by molar-refractivity contribution is 0.368. The molecule has 1 saturated heterocycles. The number of nitrogens with zero attached hydrogens (tertiary/aromatic N) is 2. The normalized spacial score (nSPS) is 16.7. The Balaban J connectivity index is 2.00. The minimum Gasteiger partial charge on any atom is -0.479 e. The van der Waals surface area contributed by atoms with Crippen LogP contribution in [0.2, 0.25) is 0 Å². The predicted molar refractivity (Wildman–Crippen MR) is 80.1 cm³/mol. The second-order valence-corrected chi connectivity index (χ2v) is 6.56. The highest BCUT2D eigenvalue weighted by atomic mass is 32.2. The Labute approximate surface area is 125 Å². The molecule has 1 aliphatic heterocycles. The summed E-state index contributed by atoms with van der Waals surface area (Å²) >= 11 is 0. The van der Waals surface area contributed by atoms with E-state index < -0.39 is 10.2 Å². The summed E-state index contributed by atoms with van der Waals surface area (Å²) in [6.07, 6.45) is 3.97. The quantitative estimate of drug-likeness (QED) is 0.903. The molecular formula is C14H19N3O3S. The van der Waals surface area contributed by atoms with Gasteiger partial charge in [-0.25, -0.2) is 0 Å². The second kappa shape index (κ2) is 7.29. The van der Waals surface area contributed by atoms with E-state index in [1.807, 2.05) is 6.07 Å². The minimum atomic E-state index is -3.50. The molecule has 7 heteroatoms. The summed E-state index contributed by atoms with van der Waals surface area (Å²) in [6, 6.07) is 8.40. The predicted octanol–water partition coefficient (Wildman–Crippen LogP) is 2.12. The third-order valence-electron chi connectivity index (χ3n) is 3.31. The molecule has 0 bridgehead atoms. The van der Waals surface area contributed by atoms with Crippen LogP contribution in [0.1, 0.15) is 25.7 Å². The van der Waals surface area contributed by atoms with Crippen LogP contribution < -0.4 is 9.46 Å². The lowest BCUT2D eigenvalue weighted by Crippen LogP contribution is -2.36. The molecule has 1 fully saturated rings.